The van der Waals surface area contributed by atoms with Crippen LogP contribution < -0.4 is 11.1 Å². The lowest BCUT2D eigenvalue weighted by Gasteiger charge is -2.00. The first kappa shape index (κ1) is 8.73. The van der Waals surface area contributed by atoms with Gasteiger partial charge >= 0.3 is 0 Å². The number of aromatic nitrogens is 2. The molecule has 12 heavy (non-hydrogen) atoms. The van der Waals surface area contributed by atoms with Crippen LogP contribution in [0.25, 0.3) is 0 Å². The van der Waals surface area contributed by atoms with E-state index in [2.05, 4.69) is 15.3 Å². The first-order valence-electron chi connectivity index (χ1n) is 3.74. The summed E-state index contributed by atoms with van der Waals surface area (Å²) in [5, 5.41) is 2.63. The molecule has 0 fully saturated rings. The molecule has 0 atom stereocenters. The van der Waals surface area contributed by atoms with E-state index in [1.54, 1.807) is 6.92 Å². The van der Waals surface area contributed by atoms with E-state index in [4.69, 9.17) is 5.73 Å². The van der Waals surface area contributed by atoms with E-state index in [0.717, 1.165) is 5.69 Å². The molecule has 0 aromatic carbocycles. The highest BCUT2D eigenvalue weighted by molar-refractivity contribution is 5.93. The van der Waals surface area contributed by atoms with Crippen LogP contribution in [0.5, 0.6) is 0 Å². The Bertz CT molecular complexity index is 268. The van der Waals surface area contributed by atoms with Gasteiger partial charge in [-0.15, -0.1) is 0 Å². The van der Waals surface area contributed by atoms with Crippen LogP contribution in [0.4, 0.5) is 0 Å². The highest BCUT2D eigenvalue weighted by atomic mass is 16.1. The van der Waals surface area contributed by atoms with E-state index < -0.39 is 0 Å². The summed E-state index contributed by atoms with van der Waals surface area (Å²) in [5.74, 6) is -0.181. The molecule has 0 bridgehead atoms. The fourth-order valence-corrected chi connectivity index (χ4v) is 0.857. The molecule has 5 heteroatoms. The maximum atomic E-state index is 11.2. The molecule has 0 spiro atoms. The van der Waals surface area contributed by atoms with Gasteiger partial charge in [0.05, 0.1) is 6.33 Å². The highest BCUT2D eigenvalue weighted by Gasteiger charge is 2.09. The van der Waals surface area contributed by atoms with Gasteiger partial charge < -0.3 is 16.0 Å². The summed E-state index contributed by atoms with van der Waals surface area (Å²) < 4.78 is 0. The van der Waals surface area contributed by atoms with Crippen molar-refractivity contribution in [2.75, 3.05) is 13.1 Å². The SMILES string of the molecule is Cc1[nH]cnc1C(=O)NCCN. The predicted octanol–water partition coefficient (Wildman–Crippen LogP) is -0.593. The van der Waals surface area contributed by atoms with E-state index in [1.165, 1.54) is 6.33 Å². The van der Waals surface area contributed by atoms with Crippen molar-refractivity contribution in [3.63, 3.8) is 0 Å². The molecule has 0 saturated heterocycles. The van der Waals surface area contributed by atoms with Crippen molar-refractivity contribution < 1.29 is 4.79 Å². The van der Waals surface area contributed by atoms with E-state index in [9.17, 15) is 4.79 Å². The summed E-state index contributed by atoms with van der Waals surface area (Å²) in [4.78, 5) is 17.9. The van der Waals surface area contributed by atoms with E-state index in [-0.39, 0.29) is 5.91 Å². The lowest BCUT2D eigenvalue weighted by atomic mass is 10.3. The summed E-state index contributed by atoms with van der Waals surface area (Å²) in [6.45, 7) is 2.71. The molecule has 1 heterocycles. The Balaban J connectivity index is 2.59. The molecule has 1 amide bonds. The van der Waals surface area contributed by atoms with Crippen molar-refractivity contribution in [3.8, 4) is 0 Å². The molecule has 0 unspecified atom stereocenters. The van der Waals surface area contributed by atoms with Crippen molar-refractivity contribution in [3.05, 3.63) is 17.7 Å². The first-order valence-corrected chi connectivity index (χ1v) is 3.74. The van der Waals surface area contributed by atoms with Crippen molar-refractivity contribution in [2.45, 2.75) is 6.92 Å². The third-order valence-electron chi connectivity index (χ3n) is 1.47. The highest BCUT2D eigenvalue weighted by Crippen LogP contribution is 1.98. The Morgan fingerprint density at radius 3 is 3.08 bits per heavy atom. The Hall–Kier alpha value is -1.36. The number of aryl methyl sites for hydroxylation is 1. The molecule has 4 N–H and O–H groups in total. The Labute approximate surface area is 70.4 Å². The number of hydrogen-bond acceptors (Lipinski definition) is 3. The van der Waals surface area contributed by atoms with Gasteiger partial charge in [0.15, 0.2) is 0 Å². The second-order valence-corrected chi connectivity index (χ2v) is 2.42. The summed E-state index contributed by atoms with van der Waals surface area (Å²) in [7, 11) is 0. The lowest BCUT2D eigenvalue weighted by molar-refractivity contribution is 0.0949. The van der Waals surface area contributed by atoms with Crippen molar-refractivity contribution >= 4 is 5.91 Å². The first-order chi connectivity index (χ1) is 5.75. The summed E-state index contributed by atoms with van der Waals surface area (Å²) in [6, 6.07) is 0. The molecule has 0 aliphatic carbocycles. The van der Waals surface area contributed by atoms with Crippen LogP contribution in [-0.4, -0.2) is 29.0 Å². The van der Waals surface area contributed by atoms with Crippen LogP contribution >= 0.6 is 0 Å². The van der Waals surface area contributed by atoms with Gasteiger partial charge in [0.1, 0.15) is 5.69 Å². The van der Waals surface area contributed by atoms with E-state index in [1.807, 2.05) is 0 Å². The lowest BCUT2D eigenvalue weighted by Crippen LogP contribution is -2.29. The van der Waals surface area contributed by atoms with E-state index >= 15 is 0 Å². The number of aromatic amines is 1. The molecule has 0 aliphatic heterocycles. The second-order valence-electron chi connectivity index (χ2n) is 2.42. The molecule has 66 valence electrons. The van der Waals surface area contributed by atoms with Gasteiger partial charge in [-0.3, -0.25) is 4.79 Å². The number of nitrogens with zero attached hydrogens (tertiary/aromatic N) is 1. The molecule has 1 aromatic heterocycles. The molecule has 1 aromatic rings. The van der Waals surface area contributed by atoms with Crippen molar-refractivity contribution in [2.24, 2.45) is 5.73 Å². The number of hydrogen-bond donors (Lipinski definition) is 3. The largest absolute Gasteiger partial charge is 0.349 e. The molecular formula is C7H12N4O. The van der Waals surface area contributed by atoms with Gasteiger partial charge in [0, 0.05) is 18.8 Å². The third kappa shape index (κ3) is 1.82. The molecule has 0 saturated carbocycles. The number of H-pyrrole nitrogens is 1. The van der Waals surface area contributed by atoms with Crippen LogP contribution in [0, 0.1) is 6.92 Å². The fraction of sp³-hybridized carbons (Fsp3) is 0.429. The standard InChI is InChI=1S/C7H12N4O/c1-5-6(11-4-10-5)7(12)9-3-2-8/h4H,2-3,8H2,1H3,(H,9,12)(H,10,11). The number of imidazole rings is 1. The molecule has 0 aliphatic rings. The summed E-state index contributed by atoms with van der Waals surface area (Å²) in [5.41, 5.74) is 6.43. The number of nitrogens with two attached hydrogens (primary N) is 1. The fourth-order valence-electron chi connectivity index (χ4n) is 0.857. The van der Waals surface area contributed by atoms with Gasteiger partial charge in [-0.2, -0.15) is 0 Å². The zero-order valence-electron chi connectivity index (χ0n) is 6.92. The number of amides is 1. The smallest absolute Gasteiger partial charge is 0.271 e. The van der Waals surface area contributed by atoms with Crippen LogP contribution in [0.2, 0.25) is 0 Å². The van der Waals surface area contributed by atoms with Gasteiger partial charge in [0.2, 0.25) is 0 Å². The van der Waals surface area contributed by atoms with Crippen molar-refractivity contribution in [1.82, 2.24) is 15.3 Å². The predicted molar refractivity (Wildman–Crippen MR) is 44.7 cm³/mol. The van der Waals surface area contributed by atoms with Crippen LogP contribution in [0.1, 0.15) is 16.2 Å². The zero-order chi connectivity index (χ0) is 8.97. The Morgan fingerprint density at radius 1 is 1.83 bits per heavy atom. The number of carbonyl (C=O) groups excluding carboxylic acids is 1. The van der Waals surface area contributed by atoms with Gasteiger partial charge in [-0.1, -0.05) is 0 Å². The van der Waals surface area contributed by atoms with Crippen LogP contribution in [0.15, 0.2) is 6.33 Å². The minimum absolute atomic E-state index is 0.181. The normalized spacial score (nSPS) is 9.83. The number of nitrogens with one attached hydrogen (secondary N) is 2. The molecular weight excluding hydrogens is 156 g/mol. The van der Waals surface area contributed by atoms with Gasteiger partial charge in [0.25, 0.3) is 5.91 Å². The van der Waals surface area contributed by atoms with Crippen LogP contribution in [-0.2, 0) is 0 Å². The number of rotatable bonds is 3. The minimum atomic E-state index is -0.181. The monoisotopic (exact) mass is 168 g/mol. The average molecular weight is 168 g/mol. The zero-order valence-corrected chi connectivity index (χ0v) is 6.92. The van der Waals surface area contributed by atoms with Crippen LogP contribution in [0.3, 0.4) is 0 Å². The number of carbonyl (C=O) groups is 1. The molecule has 1 rings (SSSR count). The Morgan fingerprint density at radius 2 is 2.58 bits per heavy atom. The topological polar surface area (TPSA) is 83.8 Å². The second kappa shape index (κ2) is 3.87. The van der Waals surface area contributed by atoms with Gasteiger partial charge in [-0.25, -0.2) is 4.98 Å². The molecule has 5 nitrogen and oxygen atoms in total. The van der Waals surface area contributed by atoms with E-state index in [0.29, 0.717) is 18.8 Å². The quantitative estimate of drug-likeness (QED) is 0.564. The summed E-state index contributed by atoms with van der Waals surface area (Å²) >= 11 is 0. The minimum Gasteiger partial charge on any atom is -0.349 e. The summed E-state index contributed by atoms with van der Waals surface area (Å²) in [6.07, 6.45) is 1.49. The van der Waals surface area contributed by atoms with Crippen molar-refractivity contribution in [1.29, 1.82) is 0 Å². The Kier molecular flexibility index (Phi) is 2.82. The van der Waals surface area contributed by atoms with Gasteiger partial charge in [-0.05, 0) is 6.92 Å². The third-order valence-corrected chi connectivity index (χ3v) is 1.47. The maximum Gasteiger partial charge on any atom is 0.271 e. The average Bonchev–Trinajstić information content (AvgIpc) is 2.47. The maximum absolute atomic E-state index is 11.2. The molecule has 0 radical (unpaired) electrons.